The molecule has 0 spiro atoms. The average molecular weight is 219 g/mol. The fourth-order valence-corrected chi connectivity index (χ4v) is 2.39. The molecule has 1 fully saturated rings. The highest BCUT2D eigenvalue weighted by molar-refractivity contribution is 5.21. The highest BCUT2D eigenvalue weighted by atomic mass is 16.5. The van der Waals surface area contributed by atoms with Gasteiger partial charge >= 0.3 is 0 Å². The molecule has 4 nitrogen and oxygen atoms in total. The van der Waals surface area contributed by atoms with E-state index in [0.29, 0.717) is 5.92 Å². The third kappa shape index (κ3) is 1.95. The van der Waals surface area contributed by atoms with Gasteiger partial charge in [-0.05, 0) is 12.8 Å². The molecule has 1 aromatic rings. The van der Waals surface area contributed by atoms with Crippen LogP contribution in [0.4, 0.5) is 0 Å². The quantitative estimate of drug-likeness (QED) is 0.766. The molecule has 0 bridgehead atoms. The number of hydrogen-bond donors (Lipinski definition) is 1. The molecule has 86 valence electrons. The van der Waals surface area contributed by atoms with E-state index in [-0.39, 0.29) is 0 Å². The summed E-state index contributed by atoms with van der Waals surface area (Å²) in [4.78, 5) is 9.19. The molecule has 1 aromatic heterocycles. The van der Waals surface area contributed by atoms with Crippen LogP contribution in [0.3, 0.4) is 0 Å². The van der Waals surface area contributed by atoms with Crippen LogP contribution >= 0.6 is 0 Å². The maximum atomic E-state index is 5.49. The SMILES string of the molecule is c1nc(C2CCCOC2)nc2c1CNCC2. The van der Waals surface area contributed by atoms with Crippen molar-refractivity contribution in [3.8, 4) is 0 Å². The molecular formula is C12H17N3O. The number of fused-ring (bicyclic) bond motifs is 1. The lowest BCUT2D eigenvalue weighted by Crippen LogP contribution is -2.26. The topological polar surface area (TPSA) is 47.0 Å². The summed E-state index contributed by atoms with van der Waals surface area (Å²) in [5.74, 6) is 1.40. The zero-order chi connectivity index (χ0) is 10.8. The molecule has 0 aromatic carbocycles. The van der Waals surface area contributed by atoms with Crippen molar-refractivity contribution in [2.45, 2.75) is 31.7 Å². The van der Waals surface area contributed by atoms with Crippen molar-refractivity contribution in [1.82, 2.24) is 15.3 Å². The van der Waals surface area contributed by atoms with Gasteiger partial charge in [-0.2, -0.15) is 0 Å². The minimum atomic E-state index is 0.411. The van der Waals surface area contributed by atoms with Crippen molar-refractivity contribution in [3.05, 3.63) is 23.3 Å². The van der Waals surface area contributed by atoms with Gasteiger partial charge in [0.25, 0.3) is 0 Å². The number of hydrogen-bond acceptors (Lipinski definition) is 4. The lowest BCUT2D eigenvalue weighted by molar-refractivity contribution is 0.0779. The minimum Gasteiger partial charge on any atom is -0.381 e. The molecular weight excluding hydrogens is 202 g/mol. The first-order valence-corrected chi connectivity index (χ1v) is 6.06. The van der Waals surface area contributed by atoms with Crippen molar-refractivity contribution >= 4 is 0 Å². The molecule has 2 aliphatic rings. The molecule has 0 aliphatic carbocycles. The Morgan fingerprint density at radius 3 is 3.31 bits per heavy atom. The van der Waals surface area contributed by atoms with Crippen LogP contribution in [0.1, 0.15) is 35.8 Å². The van der Waals surface area contributed by atoms with Crippen LogP contribution in [0, 0.1) is 0 Å². The van der Waals surface area contributed by atoms with Crippen LogP contribution in [-0.2, 0) is 17.7 Å². The van der Waals surface area contributed by atoms with Gasteiger partial charge in [-0.3, -0.25) is 0 Å². The molecule has 1 unspecified atom stereocenters. The summed E-state index contributed by atoms with van der Waals surface area (Å²) < 4.78 is 5.49. The Labute approximate surface area is 95.4 Å². The highest BCUT2D eigenvalue weighted by Gasteiger charge is 2.20. The van der Waals surface area contributed by atoms with E-state index in [1.807, 2.05) is 6.20 Å². The number of ether oxygens (including phenoxy) is 1. The summed E-state index contributed by atoms with van der Waals surface area (Å²) in [6.45, 7) is 3.63. The molecule has 0 amide bonds. The van der Waals surface area contributed by atoms with Gasteiger partial charge in [-0.1, -0.05) is 0 Å². The van der Waals surface area contributed by atoms with E-state index < -0.39 is 0 Å². The Hall–Kier alpha value is -1.00. The Kier molecular flexibility index (Phi) is 2.84. The first kappa shape index (κ1) is 10.2. The summed E-state index contributed by atoms with van der Waals surface area (Å²) in [7, 11) is 0. The van der Waals surface area contributed by atoms with E-state index in [1.165, 1.54) is 11.3 Å². The van der Waals surface area contributed by atoms with E-state index in [4.69, 9.17) is 9.72 Å². The molecule has 3 rings (SSSR count). The molecule has 1 saturated heterocycles. The molecule has 0 saturated carbocycles. The van der Waals surface area contributed by atoms with Crippen molar-refractivity contribution in [3.63, 3.8) is 0 Å². The third-order valence-corrected chi connectivity index (χ3v) is 3.35. The van der Waals surface area contributed by atoms with E-state index in [0.717, 1.165) is 51.4 Å². The molecule has 3 heterocycles. The first-order chi connectivity index (χ1) is 7.93. The molecule has 16 heavy (non-hydrogen) atoms. The number of aromatic nitrogens is 2. The standard InChI is InChI=1S/C12H17N3O/c1-2-9(8-16-5-1)12-14-7-10-6-13-4-3-11(10)15-12/h7,9,13H,1-6,8H2. The smallest absolute Gasteiger partial charge is 0.133 e. The van der Waals surface area contributed by atoms with Crippen LogP contribution in [0.5, 0.6) is 0 Å². The zero-order valence-electron chi connectivity index (χ0n) is 9.41. The van der Waals surface area contributed by atoms with Gasteiger partial charge in [0.05, 0.1) is 6.61 Å². The fourth-order valence-electron chi connectivity index (χ4n) is 2.39. The average Bonchev–Trinajstić information content (AvgIpc) is 2.39. The summed E-state index contributed by atoms with van der Waals surface area (Å²) in [5, 5.41) is 3.34. The molecule has 0 radical (unpaired) electrons. The largest absolute Gasteiger partial charge is 0.381 e. The Bertz CT molecular complexity index is 375. The summed E-state index contributed by atoms with van der Waals surface area (Å²) >= 11 is 0. The molecule has 2 aliphatic heterocycles. The van der Waals surface area contributed by atoms with Gasteiger partial charge in [0, 0.05) is 49.5 Å². The monoisotopic (exact) mass is 219 g/mol. The Balaban J connectivity index is 1.84. The zero-order valence-corrected chi connectivity index (χ0v) is 9.41. The lowest BCUT2D eigenvalue weighted by atomic mass is 10.0. The molecule has 1 atom stereocenters. The second kappa shape index (κ2) is 4.47. The van der Waals surface area contributed by atoms with Gasteiger partial charge in [0.15, 0.2) is 0 Å². The summed E-state index contributed by atoms with van der Waals surface area (Å²) in [6.07, 6.45) is 5.31. The van der Waals surface area contributed by atoms with Crippen molar-refractivity contribution in [2.24, 2.45) is 0 Å². The van der Waals surface area contributed by atoms with E-state index >= 15 is 0 Å². The predicted octanol–water partition coefficient (Wildman–Crippen LogP) is 1.02. The minimum absolute atomic E-state index is 0.411. The number of nitrogens with one attached hydrogen (secondary N) is 1. The van der Waals surface area contributed by atoms with Gasteiger partial charge in [-0.25, -0.2) is 9.97 Å². The van der Waals surface area contributed by atoms with Crippen LogP contribution in [-0.4, -0.2) is 29.7 Å². The third-order valence-electron chi connectivity index (χ3n) is 3.35. The summed E-state index contributed by atoms with van der Waals surface area (Å²) in [5.41, 5.74) is 2.49. The van der Waals surface area contributed by atoms with Gasteiger partial charge in [0.2, 0.25) is 0 Å². The predicted molar refractivity (Wildman–Crippen MR) is 60.2 cm³/mol. The van der Waals surface area contributed by atoms with Crippen molar-refractivity contribution in [2.75, 3.05) is 19.8 Å². The molecule has 1 N–H and O–H groups in total. The van der Waals surface area contributed by atoms with Crippen LogP contribution in [0.15, 0.2) is 6.20 Å². The van der Waals surface area contributed by atoms with E-state index in [2.05, 4.69) is 10.3 Å². The molecule has 4 heteroatoms. The highest BCUT2D eigenvalue weighted by Crippen LogP contribution is 2.23. The maximum Gasteiger partial charge on any atom is 0.133 e. The van der Waals surface area contributed by atoms with Crippen molar-refractivity contribution in [1.29, 1.82) is 0 Å². The van der Waals surface area contributed by atoms with Gasteiger partial charge in [-0.15, -0.1) is 0 Å². The lowest BCUT2D eigenvalue weighted by Gasteiger charge is -2.22. The Morgan fingerprint density at radius 1 is 1.44 bits per heavy atom. The fraction of sp³-hybridized carbons (Fsp3) is 0.667. The van der Waals surface area contributed by atoms with E-state index in [9.17, 15) is 0 Å². The van der Waals surface area contributed by atoms with Crippen LogP contribution in [0.25, 0.3) is 0 Å². The Morgan fingerprint density at radius 2 is 2.44 bits per heavy atom. The normalized spacial score (nSPS) is 25.1. The second-order valence-electron chi connectivity index (χ2n) is 4.54. The first-order valence-electron chi connectivity index (χ1n) is 6.06. The van der Waals surface area contributed by atoms with Gasteiger partial charge in [0.1, 0.15) is 5.82 Å². The number of rotatable bonds is 1. The second-order valence-corrected chi connectivity index (χ2v) is 4.54. The van der Waals surface area contributed by atoms with Crippen molar-refractivity contribution < 1.29 is 4.74 Å². The van der Waals surface area contributed by atoms with Gasteiger partial charge < -0.3 is 10.1 Å². The number of nitrogens with zero attached hydrogens (tertiary/aromatic N) is 2. The van der Waals surface area contributed by atoms with Crippen LogP contribution < -0.4 is 5.32 Å². The van der Waals surface area contributed by atoms with Crippen LogP contribution in [0.2, 0.25) is 0 Å². The summed E-state index contributed by atoms with van der Waals surface area (Å²) in [6, 6.07) is 0. The van der Waals surface area contributed by atoms with E-state index in [1.54, 1.807) is 0 Å². The maximum absolute atomic E-state index is 5.49.